The Kier molecular flexibility index (Phi) is 4.70. The van der Waals surface area contributed by atoms with E-state index in [-0.39, 0.29) is 6.10 Å². The van der Waals surface area contributed by atoms with Crippen LogP contribution in [0, 0.1) is 12.3 Å². The fourth-order valence-corrected chi connectivity index (χ4v) is 3.89. The lowest BCUT2D eigenvalue weighted by Gasteiger charge is -2.30. The highest BCUT2D eigenvalue weighted by Gasteiger charge is 2.22. The Balaban J connectivity index is 1.76. The number of nitrogens with zero attached hydrogens (tertiary/aromatic N) is 1. The van der Waals surface area contributed by atoms with E-state index >= 15 is 0 Å². The minimum absolute atomic E-state index is 0.0799. The molecule has 2 aliphatic rings. The molecule has 2 aromatic carbocycles. The maximum absolute atomic E-state index is 6.04. The topological polar surface area (TPSA) is 12.5 Å². The van der Waals surface area contributed by atoms with Gasteiger partial charge in [-0.3, -0.25) is 4.90 Å². The lowest BCUT2D eigenvalue weighted by Crippen LogP contribution is -2.41. The first-order valence-electron chi connectivity index (χ1n) is 9.01. The average molecular weight is 329 g/mol. The number of hydrogen-bond donors (Lipinski definition) is 0. The van der Waals surface area contributed by atoms with Gasteiger partial charge in [-0.25, -0.2) is 0 Å². The molecule has 0 N–H and O–H groups in total. The molecule has 0 spiro atoms. The summed E-state index contributed by atoms with van der Waals surface area (Å²) in [7, 11) is 0. The molecular weight excluding hydrogens is 306 g/mol. The fourth-order valence-electron chi connectivity index (χ4n) is 3.89. The van der Waals surface area contributed by atoms with Gasteiger partial charge in [0.05, 0.1) is 19.3 Å². The van der Waals surface area contributed by atoms with E-state index in [0.29, 0.717) is 6.54 Å². The van der Waals surface area contributed by atoms with Crippen LogP contribution < -0.4 is 0 Å². The molecular formula is C23H23NO. The van der Waals surface area contributed by atoms with Gasteiger partial charge in [0.1, 0.15) is 0 Å². The van der Waals surface area contributed by atoms with Crippen molar-refractivity contribution >= 4 is 5.57 Å². The van der Waals surface area contributed by atoms with Crippen LogP contribution in [0.3, 0.4) is 0 Å². The lowest BCUT2D eigenvalue weighted by molar-refractivity contribution is 0.00224. The first-order chi connectivity index (χ1) is 12.3. The van der Waals surface area contributed by atoms with Gasteiger partial charge in [-0.05, 0) is 46.7 Å². The minimum atomic E-state index is 0.0799. The van der Waals surface area contributed by atoms with Crippen LogP contribution in [-0.2, 0) is 17.6 Å². The minimum Gasteiger partial charge on any atom is -0.371 e. The molecule has 1 atom stereocenters. The van der Waals surface area contributed by atoms with Crippen molar-refractivity contribution in [2.75, 3.05) is 26.2 Å². The van der Waals surface area contributed by atoms with E-state index in [4.69, 9.17) is 11.2 Å². The van der Waals surface area contributed by atoms with Gasteiger partial charge in [0.15, 0.2) is 0 Å². The molecule has 1 heterocycles. The first kappa shape index (κ1) is 16.1. The third-order valence-electron chi connectivity index (χ3n) is 5.12. The predicted octanol–water partition coefficient (Wildman–Crippen LogP) is 3.55. The molecule has 126 valence electrons. The molecule has 25 heavy (non-hydrogen) atoms. The summed E-state index contributed by atoms with van der Waals surface area (Å²) in [6.45, 7) is 3.20. The van der Waals surface area contributed by atoms with E-state index < -0.39 is 0 Å². The number of rotatable bonds is 2. The summed E-state index contributed by atoms with van der Waals surface area (Å²) in [5.74, 6) is 2.75. The van der Waals surface area contributed by atoms with Gasteiger partial charge in [0.2, 0.25) is 0 Å². The SMILES string of the molecule is C#CCN1CCOC(C=C2c3ccccc3CCc3ccccc32)C1. The number of benzene rings is 2. The Bertz CT molecular complexity index is 780. The second-order valence-electron chi connectivity index (χ2n) is 6.74. The van der Waals surface area contributed by atoms with Crippen molar-refractivity contribution in [1.29, 1.82) is 0 Å². The van der Waals surface area contributed by atoms with Gasteiger partial charge >= 0.3 is 0 Å². The molecule has 0 aromatic heterocycles. The van der Waals surface area contributed by atoms with Crippen molar-refractivity contribution < 1.29 is 4.74 Å². The largest absolute Gasteiger partial charge is 0.371 e. The Labute approximate surface area is 150 Å². The van der Waals surface area contributed by atoms with Crippen LogP contribution in [0.4, 0.5) is 0 Å². The summed E-state index contributed by atoms with van der Waals surface area (Å²) >= 11 is 0. The molecule has 0 amide bonds. The quantitative estimate of drug-likeness (QED) is 0.781. The normalized spacial score (nSPS) is 20.1. The monoisotopic (exact) mass is 329 g/mol. The molecule has 0 bridgehead atoms. The van der Waals surface area contributed by atoms with Gasteiger partial charge in [-0.15, -0.1) is 6.42 Å². The summed E-state index contributed by atoms with van der Waals surface area (Å²) in [6, 6.07) is 17.5. The zero-order chi connectivity index (χ0) is 17.1. The highest BCUT2D eigenvalue weighted by atomic mass is 16.5. The van der Waals surface area contributed by atoms with E-state index in [2.05, 4.69) is 65.4 Å². The zero-order valence-corrected chi connectivity index (χ0v) is 14.4. The van der Waals surface area contributed by atoms with Crippen LogP contribution >= 0.6 is 0 Å². The number of morpholine rings is 1. The van der Waals surface area contributed by atoms with Crippen molar-refractivity contribution in [3.8, 4) is 12.3 Å². The van der Waals surface area contributed by atoms with E-state index in [0.717, 1.165) is 32.5 Å². The van der Waals surface area contributed by atoms with Crippen LogP contribution in [0.1, 0.15) is 22.3 Å². The molecule has 2 aromatic rings. The molecule has 2 heteroatoms. The zero-order valence-electron chi connectivity index (χ0n) is 14.4. The summed E-state index contributed by atoms with van der Waals surface area (Å²) in [5, 5.41) is 0. The van der Waals surface area contributed by atoms with E-state index in [1.54, 1.807) is 0 Å². The summed E-state index contributed by atoms with van der Waals surface area (Å²) < 4.78 is 6.04. The number of fused-ring (bicyclic) bond motifs is 2. The molecule has 0 radical (unpaired) electrons. The van der Waals surface area contributed by atoms with E-state index in [9.17, 15) is 0 Å². The Morgan fingerprint density at radius 2 is 1.68 bits per heavy atom. The number of terminal acetylenes is 1. The van der Waals surface area contributed by atoms with E-state index in [1.807, 2.05) is 0 Å². The predicted molar refractivity (Wildman–Crippen MR) is 102 cm³/mol. The van der Waals surface area contributed by atoms with Crippen molar-refractivity contribution in [3.05, 3.63) is 76.9 Å². The average Bonchev–Trinajstić information content (AvgIpc) is 2.80. The Morgan fingerprint density at radius 3 is 2.32 bits per heavy atom. The van der Waals surface area contributed by atoms with Crippen LogP contribution in [0.5, 0.6) is 0 Å². The maximum atomic E-state index is 6.04. The van der Waals surface area contributed by atoms with Crippen LogP contribution in [0.2, 0.25) is 0 Å². The maximum Gasteiger partial charge on any atom is 0.0892 e. The standard InChI is InChI=1S/C23H23NO/c1-2-13-24-14-15-25-20(17-24)16-23-21-9-5-3-7-18(21)11-12-19-8-4-6-10-22(19)23/h1,3-10,16,20H,11-15,17H2. The summed E-state index contributed by atoms with van der Waals surface area (Å²) in [5.41, 5.74) is 6.81. The highest BCUT2D eigenvalue weighted by molar-refractivity contribution is 5.84. The van der Waals surface area contributed by atoms with Crippen molar-refractivity contribution in [2.45, 2.75) is 18.9 Å². The molecule has 2 nitrogen and oxygen atoms in total. The van der Waals surface area contributed by atoms with E-state index in [1.165, 1.54) is 27.8 Å². The number of hydrogen-bond acceptors (Lipinski definition) is 2. The van der Waals surface area contributed by atoms with Crippen molar-refractivity contribution in [2.24, 2.45) is 0 Å². The highest BCUT2D eigenvalue weighted by Crippen LogP contribution is 2.34. The third kappa shape index (κ3) is 3.39. The van der Waals surface area contributed by atoms with Crippen LogP contribution in [-0.4, -0.2) is 37.2 Å². The van der Waals surface area contributed by atoms with Gasteiger partial charge in [0, 0.05) is 13.1 Å². The van der Waals surface area contributed by atoms with Crippen LogP contribution in [0.15, 0.2) is 54.6 Å². The first-order valence-corrected chi connectivity index (χ1v) is 9.01. The third-order valence-corrected chi connectivity index (χ3v) is 5.12. The number of ether oxygens (including phenoxy) is 1. The number of aryl methyl sites for hydroxylation is 2. The van der Waals surface area contributed by atoms with Gasteiger partial charge in [-0.1, -0.05) is 54.5 Å². The molecule has 0 saturated carbocycles. The second-order valence-corrected chi connectivity index (χ2v) is 6.74. The van der Waals surface area contributed by atoms with Gasteiger partial charge in [0.25, 0.3) is 0 Å². The molecule has 1 aliphatic carbocycles. The molecule has 1 unspecified atom stereocenters. The molecule has 4 rings (SSSR count). The summed E-state index contributed by atoms with van der Waals surface area (Å²) in [6.07, 6.45) is 10.0. The van der Waals surface area contributed by atoms with Gasteiger partial charge < -0.3 is 4.74 Å². The smallest absolute Gasteiger partial charge is 0.0892 e. The van der Waals surface area contributed by atoms with Crippen molar-refractivity contribution in [3.63, 3.8) is 0 Å². The second kappa shape index (κ2) is 7.27. The molecule has 1 fully saturated rings. The summed E-state index contributed by atoms with van der Waals surface area (Å²) in [4.78, 5) is 2.29. The molecule has 1 saturated heterocycles. The molecule has 1 aliphatic heterocycles. The van der Waals surface area contributed by atoms with Gasteiger partial charge in [-0.2, -0.15) is 0 Å². The lowest BCUT2D eigenvalue weighted by atomic mass is 9.92. The Hall–Kier alpha value is -2.34. The van der Waals surface area contributed by atoms with Crippen molar-refractivity contribution in [1.82, 2.24) is 4.90 Å². The fraction of sp³-hybridized carbons (Fsp3) is 0.304. The Morgan fingerprint density at radius 1 is 1.04 bits per heavy atom. The van der Waals surface area contributed by atoms with Crippen LogP contribution in [0.25, 0.3) is 5.57 Å².